The van der Waals surface area contributed by atoms with Crippen molar-refractivity contribution < 1.29 is 14.6 Å². The Labute approximate surface area is 153 Å². The number of rotatable bonds is 9. The van der Waals surface area contributed by atoms with Crippen LogP contribution < -0.4 is 11.1 Å². The molecule has 1 aliphatic heterocycles. The lowest BCUT2D eigenvalue weighted by Gasteiger charge is -2.26. The molecule has 6 nitrogen and oxygen atoms in total. The summed E-state index contributed by atoms with van der Waals surface area (Å²) in [5, 5.41) is 10.0. The summed E-state index contributed by atoms with van der Waals surface area (Å²) in [5.74, 6) is 1.00. The van der Waals surface area contributed by atoms with Crippen LogP contribution in [0.5, 0.6) is 0 Å². The van der Waals surface area contributed by atoms with Gasteiger partial charge in [0.2, 0.25) is 5.91 Å². The van der Waals surface area contributed by atoms with Gasteiger partial charge in [-0.2, -0.15) is 0 Å². The molecule has 0 radical (unpaired) electrons. The van der Waals surface area contributed by atoms with Crippen molar-refractivity contribution in [3.8, 4) is 0 Å². The standard InChI is InChI=1S/C18H35N3O2.CH4O/c19-17(15-16-5-2-1-3-6-16)7-4-8-18(22)20-9-10-21-11-13-23-14-12-21;1-2/h16-17H,1-15,19H2,(H,20,22);2H,1H3/t17-;/m1./s1. The Morgan fingerprint density at radius 2 is 1.92 bits per heavy atom. The van der Waals surface area contributed by atoms with E-state index in [1.165, 1.54) is 32.1 Å². The van der Waals surface area contributed by atoms with Crippen LogP contribution in [-0.2, 0) is 9.53 Å². The molecule has 1 heterocycles. The summed E-state index contributed by atoms with van der Waals surface area (Å²) < 4.78 is 5.32. The predicted molar refractivity (Wildman–Crippen MR) is 101 cm³/mol. The lowest BCUT2D eigenvalue weighted by atomic mass is 9.84. The van der Waals surface area contributed by atoms with Crippen molar-refractivity contribution in [1.82, 2.24) is 10.2 Å². The fourth-order valence-electron chi connectivity index (χ4n) is 3.76. The van der Waals surface area contributed by atoms with E-state index in [4.69, 9.17) is 15.6 Å². The van der Waals surface area contributed by atoms with Gasteiger partial charge in [-0.05, 0) is 25.2 Å². The van der Waals surface area contributed by atoms with Gasteiger partial charge in [0.1, 0.15) is 0 Å². The van der Waals surface area contributed by atoms with E-state index in [9.17, 15) is 4.79 Å². The minimum Gasteiger partial charge on any atom is -0.400 e. The van der Waals surface area contributed by atoms with Gasteiger partial charge in [-0.15, -0.1) is 0 Å². The minimum absolute atomic E-state index is 0.170. The molecule has 0 unspecified atom stereocenters. The van der Waals surface area contributed by atoms with Crippen LogP contribution in [0.2, 0.25) is 0 Å². The Balaban J connectivity index is 0.00000151. The van der Waals surface area contributed by atoms with Crippen molar-refractivity contribution in [2.75, 3.05) is 46.5 Å². The van der Waals surface area contributed by atoms with Crippen LogP contribution in [0.1, 0.15) is 57.8 Å². The van der Waals surface area contributed by atoms with E-state index in [2.05, 4.69) is 10.2 Å². The number of hydrogen-bond acceptors (Lipinski definition) is 5. The third-order valence-corrected chi connectivity index (χ3v) is 5.19. The summed E-state index contributed by atoms with van der Waals surface area (Å²) in [6, 6.07) is 0.277. The summed E-state index contributed by atoms with van der Waals surface area (Å²) in [4.78, 5) is 14.2. The van der Waals surface area contributed by atoms with Crippen LogP contribution >= 0.6 is 0 Å². The number of morpholine rings is 1. The first-order valence-electron chi connectivity index (χ1n) is 10.0. The quantitative estimate of drug-likeness (QED) is 0.582. The highest BCUT2D eigenvalue weighted by atomic mass is 16.5. The van der Waals surface area contributed by atoms with Gasteiger partial charge >= 0.3 is 0 Å². The molecule has 0 bridgehead atoms. The monoisotopic (exact) mass is 357 g/mol. The molecule has 2 aliphatic rings. The molecule has 0 spiro atoms. The number of carbonyl (C=O) groups excluding carboxylic acids is 1. The minimum atomic E-state index is 0.170. The zero-order chi connectivity index (χ0) is 18.3. The molecule has 25 heavy (non-hydrogen) atoms. The average Bonchev–Trinajstić information content (AvgIpc) is 2.65. The number of nitrogens with one attached hydrogen (secondary N) is 1. The van der Waals surface area contributed by atoms with Gasteiger partial charge in [0.15, 0.2) is 0 Å². The number of carbonyl (C=O) groups is 1. The van der Waals surface area contributed by atoms with Crippen molar-refractivity contribution in [3.63, 3.8) is 0 Å². The Morgan fingerprint density at radius 1 is 1.24 bits per heavy atom. The number of hydrogen-bond donors (Lipinski definition) is 3. The smallest absolute Gasteiger partial charge is 0.220 e. The highest BCUT2D eigenvalue weighted by Crippen LogP contribution is 2.27. The van der Waals surface area contributed by atoms with E-state index in [1.807, 2.05) is 0 Å². The van der Waals surface area contributed by atoms with Crippen molar-refractivity contribution in [2.45, 2.75) is 63.8 Å². The molecule has 148 valence electrons. The van der Waals surface area contributed by atoms with E-state index in [0.717, 1.165) is 71.7 Å². The molecular weight excluding hydrogens is 318 g/mol. The molecule has 0 aromatic carbocycles. The van der Waals surface area contributed by atoms with Crippen LogP contribution in [-0.4, -0.2) is 68.5 Å². The fraction of sp³-hybridized carbons (Fsp3) is 0.947. The van der Waals surface area contributed by atoms with Gasteiger partial charge in [-0.3, -0.25) is 9.69 Å². The summed E-state index contributed by atoms with van der Waals surface area (Å²) in [6.45, 7) is 5.25. The van der Waals surface area contributed by atoms with Crippen LogP contribution in [0.15, 0.2) is 0 Å². The summed E-state index contributed by atoms with van der Waals surface area (Å²) in [7, 11) is 1.00. The maximum absolute atomic E-state index is 11.9. The highest BCUT2D eigenvalue weighted by molar-refractivity contribution is 5.75. The summed E-state index contributed by atoms with van der Waals surface area (Å²) in [6.07, 6.45) is 10.5. The van der Waals surface area contributed by atoms with Crippen LogP contribution in [0, 0.1) is 5.92 Å². The molecular formula is C19H39N3O3. The Hall–Kier alpha value is -0.690. The molecule has 0 aromatic rings. The second kappa shape index (κ2) is 14.5. The van der Waals surface area contributed by atoms with E-state index in [-0.39, 0.29) is 11.9 Å². The summed E-state index contributed by atoms with van der Waals surface area (Å²) in [5.41, 5.74) is 6.24. The third-order valence-electron chi connectivity index (χ3n) is 5.19. The largest absolute Gasteiger partial charge is 0.400 e. The van der Waals surface area contributed by atoms with E-state index >= 15 is 0 Å². The number of aliphatic hydroxyl groups is 1. The van der Waals surface area contributed by atoms with Crippen LogP contribution in [0.25, 0.3) is 0 Å². The van der Waals surface area contributed by atoms with E-state index in [0.29, 0.717) is 6.42 Å². The normalized spacial score (nSPS) is 20.4. The molecule has 4 N–H and O–H groups in total. The van der Waals surface area contributed by atoms with Gasteiger partial charge in [0.05, 0.1) is 13.2 Å². The molecule has 0 aromatic heterocycles. The Kier molecular flexibility index (Phi) is 12.9. The Morgan fingerprint density at radius 3 is 2.60 bits per heavy atom. The van der Waals surface area contributed by atoms with Crippen LogP contribution in [0.4, 0.5) is 0 Å². The lowest BCUT2D eigenvalue weighted by Crippen LogP contribution is -2.41. The van der Waals surface area contributed by atoms with Gasteiger partial charge in [0.25, 0.3) is 0 Å². The van der Waals surface area contributed by atoms with Gasteiger partial charge in [-0.1, -0.05) is 32.1 Å². The zero-order valence-corrected chi connectivity index (χ0v) is 16.0. The zero-order valence-electron chi connectivity index (χ0n) is 16.0. The molecule has 1 saturated carbocycles. The molecule has 2 fully saturated rings. The van der Waals surface area contributed by atoms with Crippen molar-refractivity contribution in [2.24, 2.45) is 11.7 Å². The van der Waals surface area contributed by atoms with Crippen molar-refractivity contribution >= 4 is 5.91 Å². The fourth-order valence-corrected chi connectivity index (χ4v) is 3.76. The lowest BCUT2D eigenvalue weighted by molar-refractivity contribution is -0.121. The number of amides is 1. The van der Waals surface area contributed by atoms with Gasteiger partial charge < -0.3 is 20.9 Å². The summed E-state index contributed by atoms with van der Waals surface area (Å²) >= 11 is 0. The molecule has 1 atom stereocenters. The first-order valence-corrected chi connectivity index (χ1v) is 10.0. The number of nitrogens with zero attached hydrogens (tertiary/aromatic N) is 1. The number of ether oxygens (including phenoxy) is 1. The van der Waals surface area contributed by atoms with E-state index < -0.39 is 0 Å². The first kappa shape index (κ1) is 22.4. The Bertz CT molecular complexity index is 330. The maximum atomic E-state index is 11.9. The molecule has 6 heteroatoms. The van der Waals surface area contributed by atoms with Gasteiger partial charge in [-0.25, -0.2) is 0 Å². The number of nitrogens with two attached hydrogens (primary N) is 1. The second-order valence-electron chi connectivity index (χ2n) is 7.20. The van der Waals surface area contributed by atoms with Gasteiger partial charge in [0, 0.05) is 45.8 Å². The maximum Gasteiger partial charge on any atom is 0.220 e. The van der Waals surface area contributed by atoms with E-state index in [1.54, 1.807) is 0 Å². The predicted octanol–water partition coefficient (Wildman–Crippen LogP) is 1.51. The second-order valence-corrected chi connectivity index (χ2v) is 7.20. The average molecular weight is 358 g/mol. The molecule has 1 aliphatic carbocycles. The van der Waals surface area contributed by atoms with Crippen LogP contribution in [0.3, 0.4) is 0 Å². The van der Waals surface area contributed by atoms with Crippen molar-refractivity contribution in [1.29, 1.82) is 0 Å². The molecule has 1 amide bonds. The topological polar surface area (TPSA) is 87.8 Å². The number of aliphatic hydroxyl groups excluding tert-OH is 1. The molecule has 1 saturated heterocycles. The SMILES string of the molecule is CO.N[C@H](CCCC(=O)NCCN1CCOCC1)CC1CCCCC1. The third kappa shape index (κ3) is 10.8. The molecule has 2 rings (SSSR count). The van der Waals surface area contributed by atoms with Crippen molar-refractivity contribution in [3.05, 3.63) is 0 Å². The first-order chi connectivity index (χ1) is 12.2. The highest BCUT2D eigenvalue weighted by Gasteiger charge is 2.17.